The molecule has 2 heterocycles. The van der Waals surface area contributed by atoms with Crippen molar-refractivity contribution >= 4 is 11.6 Å². The van der Waals surface area contributed by atoms with Gasteiger partial charge in [-0.2, -0.15) is 10.1 Å². The van der Waals surface area contributed by atoms with Gasteiger partial charge >= 0.3 is 0 Å². The van der Waals surface area contributed by atoms with Crippen molar-refractivity contribution in [2.24, 2.45) is 5.10 Å². The van der Waals surface area contributed by atoms with Crippen LogP contribution < -0.4 is 0 Å². The number of hydrogen-bond acceptors (Lipinski definition) is 4. The first-order chi connectivity index (χ1) is 12.7. The number of aliphatic hydroxyl groups is 1. The van der Waals surface area contributed by atoms with Crippen LogP contribution in [0, 0.1) is 0 Å². The molecule has 1 amide bonds. The predicted molar refractivity (Wildman–Crippen MR) is 98.3 cm³/mol. The Hall–Kier alpha value is -3.31. The molecule has 3 aromatic rings. The van der Waals surface area contributed by atoms with E-state index in [1.165, 1.54) is 5.01 Å². The molecule has 5 heteroatoms. The number of hydrazone groups is 1. The van der Waals surface area contributed by atoms with E-state index >= 15 is 0 Å². The van der Waals surface area contributed by atoms with Crippen LogP contribution >= 0.6 is 0 Å². The molecule has 0 radical (unpaired) electrons. The van der Waals surface area contributed by atoms with Crippen LogP contribution in [0.3, 0.4) is 0 Å². The van der Waals surface area contributed by atoms with E-state index in [0.29, 0.717) is 16.8 Å². The summed E-state index contributed by atoms with van der Waals surface area (Å²) < 4.78 is 0. The molecule has 0 bridgehead atoms. The highest BCUT2D eigenvalue weighted by Crippen LogP contribution is 2.37. The second-order valence-corrected chi connectivity index (χ2v) is 6.12. The van der Waals surface area contributed by atoms with Crippen LogP contribution in [-0.2, 0) is 5.72 Å². The second kappa shape index (κ2) is 6.54. The summed E-state index contributed by atoms with van der Waals surface area (Å²) in [5, 5.41) is 17.1. The standard InChI is InChI=1S/C21H17N3O2/c25-20(17-11-13-22-14-12-17)24-21(26,18-9-5-2-6-10-18)15-19(23-24)16-7-3-1-4-8-16/h1-14,26H,15H2. The van der Waals surface area contributed by atoms with Crippen molar-refractivity contribution in [2.75, 3.05) is 0 Å². The van der Waals surface area contributed by atoms with Gasteiger partial charge in [0.15, 0.2) is 5.72 Å². The highest BCUT2D eigenvalue weighted by Gasteiger charge is 2.46. The summed E-state index contributed by atoms with van der Waals surface area (Å²) in [7, 11) is 0. The SMILES string of the molecule is O=C(c1ccncc1)N1N=C(c2ccccc2)CC1(O)c1ccccc1. The summed E-state index contributed by atoms with van der Waals surface area (Å²) in [6.07, 6.45) is 3.32. The van der Waals surface area contributed by atoms with Crippen molar-refractivity contribution in [3.05, 3.63) is 102 Å². The molecule has 1 aliphatic heterocycles. The van der Waals surface area contributed by atoms with E-state index in [4.69, 9.17) is 0 Å². The third kappa shape index (κ3) is 2.78. The molecule has 0 saturated carbocycles. The van der Waals surface area contributed by atoms with Gasteiger partial charge in [0.05, 0.1) is 5.71 Å². The molecule has 1 N–H and O–H groups in total. The van der Waals surface area contributed by atoms with E-state index in [0.717, 1.165) is 5.56 Å². The van der Waals surface area contributed by atoms with Crippen LogP contribution in [0.1, 0.15) is 27.9 Å². The zero-order valence-corrected chi connectivity index (χ0v) is 14.0. The van der Waals surface area contributed by atoms with Crippen molar-refractivity contribution < 1.29 is 9.90 Å². The number of benzene rings is 2. The number of carbonyl (C=O) groups is 1. The van der Waals surface area contributed by atoms with Gasteiger partial charge in [0.2, 0.25) is 0 Å². The van der Waals surface area contributed by atoms with Crippen molar-refractivity contribution in [3.8, 4) is 0 Å². The van der Waals surface area contributed by atoms with E-state index in [2.05, 4.69) is 10.1 Å². The molecule has 0 fully saturated rings. The Kier molecular flexibility index (Phi) is 4.07. The van der Waals surface area contributed by atoms with Crippen LogP contribution in [0.25, 0.3) is 0 Å². The molecule has 128 valence electrons. The lowest BCUT2D eigenvalue weighted by Crippen LogP contribution is -2.43. The van der Waals surface area contributed by atoms with Crippen LogP contribution in [0.15, 0.2) is 90.3 Å². The maximum absolute atomic E-state index is 13.0. The molecule has 1 unspecified atom stereocenters. The number of aromatic nitrogens is 1. The Labute approximate surface area is 151 Å². The summed E-state index contributed by atoms with van der Waals surface area (Å²) in [5.74, 6) is -0.371. The van der Waals surface area contributed by atoms with Crippen molar-refractivity contribution in [1.82, 2.24) is 9.99 Å². The zero-order chi connectivity index (χ0) is 18.0. The average Bonchev–Trinajstić information content (AvgIpc) is 3.08. The molecule has 1 atom stereocenters. The normalized spacial score (nSPS) is 19.3. The average molecular weight is 343 g/mol. The van der Waals surface area contributed by atoms with Crippen LogP contribution in [-0.4, -0.2) is 26.7 Å². The van der Waals surface area contributed by atoms with E-state index in [9.17, 15) is 9.90 Å². The third-order valence-electron chi connectivity index (χ3n) is 4.45. The van der Waals surface area contributed by atoms with Gasteiger partial charge < -0.3 is 5.11 Å². The molecule has 0 spiro atoms. The maximum atomic E-state index is 13.0. The first-order valence-corrected chi connectivity index (χ1v) is 8.34. The Balaban J connectivity index is 1.80. The van der Waals surface area contributed by atoms with Crippen LogP contribution in [0.5, 0.6) is 0 Å². The second-order valence-electron chi connectivity index (χ2n) is 6.12. The maximum Gasteiger partial charge on any atom is 0.277 e. The summed E-state index contributed by atoms with van der Waals surface area (Å²) in [6, 6.07) is 22.0. The largest absolute Gasteiger partial charge is 0.365 e. The Morgan fingerprint density at radius 1 is 0.923 bits per heavy atom. The van der Waals surface area contributed by atoms with Gasteiger partial charge in [-0.25, -0.2) is 0 Å². The lowest BCUT2D eigenvalue weighted by molar-refractivity contribution is -0.0765. The number of amides is 1. The minimum Gasteiger partial charge on any atom is -0.365 e. The van der Waals surface area contributed by atoms with E-state index in [1.807, 2.05) is 48.5 Å². The molecule has 0 aliphatic carbocycles. The molecule has 4 rings (SSSR count). The van der Waals surface area contributed by atoms with Gasteiger partial charge in [-0.05, 0) is 17.7 Å². The summed E-state index contributed by atoms with van der Waals surface area (Å²) in [6.45, 7) is 0. The Morgan fingerprint density at radius 2 is 1.54 bits per heavy atom. The Bertz CT molecular complexity index is 943. The summed E-state index contributed by atoms with van der Waals surface area (Å²) in [5.41, 5.74) is 1.06. The van der Waals surface area contributed by atoms with Crippen molar-refractivity contribution in [1.29, 1.82) is 0 Å². The molecule has 2 aromatic carbocycles. The molecule has 26 heavy (non-hydrogen) atoms. The highest BCUT2D eigenvalue weighted by molar-refractivity contribution is 6.05. The van der Waals surface area contributed by atoms with E-state index < -0.39 is 5.72 Å². The van der Waals surface area contributed by atoms with Crippen LogP contribution in [0.2, 0.25) is 0 Å². The van der Waals surface area contributed by atoms with E-state index in [1.54, 1.807) is 36.7 Å². The number of hydrogen-bond donors (Lipinski definition) is 1. The monoisotopic (exact) mass is 343 g/mol. The number of nitrogens with zero attached hydrogens (tertiary/aromatic N) is 3. The molecular weight excluding hydrogens is 326 g/mol. The highest BCUT2D eigenvalue weighted by atomic mass is 16.3. The van der Waals surface area contributed by atoms with Gasteiger partial charge in [-0.15, -0.1) is 0 Å². The van der Waals surface area contributed by atoms with Crippen molar-refractivity contribution in [3.63, 3.8) is 0 Å². The first kappa shape index (κ1) is 16.2. The minimum absolute atomic E-state index is 0.220. The first-order valence-electron chi connectivity index (χ1n) is 8.34. The smallest absolute Gasteiger partial charge is 0.277 e. The van der Waals surface area contributed by atoms with Gasteiger partial charge in [0.25, 0.3) is 5.91 Å². The minimum atomic E-state index is -1.53. The lowest BCUT2D eigenvalue weighted by atomic mass is 9.94. The molecule has 1 aromatic heterocycles. The number of carbonyl (C=O) groups excluding carboxylic acids is 1. The summed E-state index contributed by atoms with van der Waals surface area (Å²) in [4.78, 5) is 17.0. The topological polar surface area (TPSA) is 65.8 Å². The fraction of sp³-hybridized carbons (Fsp3) is 0.0952. The van der Waals surface area contributed by atoms with Gasteiger partial charge in [-0.1, -0.05) is 60.7 Å². The molecular formula is C21H17N3O2. The quantitative estimate of drug-likeness (QED) is 0.794. The number of rotatable bonds is 3. The number of pyridine rings is 1. The molecule has 1 aliphatic rings. The fourth-order valence-corrected chi connectivity index (χ4v) is 3.10. The predicted octanol–water partition coefficient (Wildman–Crippen LogP) is 3.18. The third-order valence-corrected chi connectivity index (χ3v) is 4.45. The fourth-order valence-electron chi connectivity index (χ4n) is 3.10. The molecule has 0 saturated heterocycles. The van der Waals surface area contributed by atoms with Gasteiger partial charge in [-0.3, -0.25) is 9.78 Å². The molecule has 5 nitrogen and oxygen atoms in total. The summed E-state index contributed by atoms with van der Waals surface area (Å²) >= 11 is 0. The van der Waals surface area contributed by atoms with Crippen molar-refractivity contribution in [2.45, 2.75) is 12.1 Å². The lowest BCUT2D eigenvalue weighted by Gasteiger charge is -2.31. The van der Waals surface area contributed by atoms with Crippen LogP contribution in [0.4, 0.5) is 0 Å². The van der Waals surface area contributed by atoms with Gasteiger partial charge in [0.1, 0.15) is 0 Å². The van der Waals surface area contributed by atoms with Gasteiger partial charge in [0, 0.05) is 29.9 Å². The zero-order valence-electron chi connectivity index (χ0n) is 14.0. The Morgan fingerprint density at radius 3 is 2.19 bits per heavy atom. The van der Waals surface area contributed by atoms with E-state index in [-0.39, 0.29) is 12.3 Å².